The highest BCUT2D eigenvalue weighted by atomic mass is 32.2. The lowest BCUT2D eigenvalue weighted by molar-refractivity contribution is 0.186. The molecule has 0 radical (unpaired) electrons. The molecule has 1 saturated heterocycles. The average molecular weight is 259 g/mol. The van der Waals surface area contributed by atoms with Crippen molar-refractivity contribution >= 4 is 9.84 Å². The molecule has 1 aliphatic rings. The Morgan fingerprint density at radius 1 is 1.53 bits per heavy atom. The largest absolute Gasteiger partial charge is 0.383 e. The van der Waals surface area contributed by atoms with Crippen LogP contribution in [0.5, 0.6) is 0 Å². The Labute approximate surface area is 101 Å². The van der Waals surface area contributed by atoms with Crippen molar-refractivity contribution < 1.29 is 13.2 Å². The lowest BCUT2D eigenvalue weighted by Crippen LogP contribution is -2.25. The molecule has 2 heterocycles. The van der Waals surface area contributed by atoms with Crippen LogP contribution in [0.1, 0.15) is 30.3 Å². The Balaban J connectivity index is 2.23. The Kier molecular flexibility index (Phi) is 3.78. The minimum Gasteiger partial charge on any atom is -0.383 e. The highest BCUT2D eigenvalue weighted by Crippen LogP contribution is 2.31. The van der Waals surface area contributed by atoms with E-state index < -0.39 is 15.1 Å². The van der Waals surface area contributed by atoms with Crippen LogP contribution in [-0.4, -0.2) is 42.7 Å². The maximum atomic E-state index is 12.0. The smallest absolute Gasteiger partial charge is 0.160 e. The quantitative estimate of drug-likeness (QED) is 0.790. The van der Waals surface area contributed by atoms with Crippen molar-refractivity contribution in [3.63, 3.8) is 0 Å². The van der Waals surface area contributed by atoms with Crippen LogP contribution < -0.4 is 0 Å². The van der Waals surface area contributed by atoms with Crippen LogP contribution in [0.25, 0.3) is 0 Å². The van der Waals surface area contributed by atoms with Crippen molar-refractivity contribution in [1.82, 2.24) is 14.8 Å². The van der Waals surface area contributed by atoms with Crippen molar-refractivity contribution in [2.45, 2.75) is 31.1 Å². The van der Waals surface area contributed by atoms with Crippen LogP contribution in [0.4, 0.5) is 0 Å². The first-order valence-corrected chi connectivity index (χ1v) is 7.45. The molecule has 96 valence electrons. The third-order valence-electron chi connectivity index (χ3n) is 3.05. The second kappa shape index (κ2) is 5.14. The maximum absolute atomic E-state index is 12.0. The SMILES string of the molecule is COCCn1cnnc1C1CCCCS1(=O)=O. The zero-order chi connectivity index (χ0) is 12.3. The normalized spacial score (nSPS) is 23.7. The van der Waals surface area contributed by atoms with E-state index in [1.54, 1.807) is 18.0 Å². The molecule has 1 atom stereocenters. The highest BCUT2D eigenvalue weighted by molar-refractivity contribution is 7.91. The Bertz CT molecular complexity index is 469. The van der Waals surface area contributed by atoms with Gasteiger partial charge in [0, 0.05) is 13.7 Å². The maximum Gasteiger partial charge on any atom is 0.160 e. The summed E-state index contributed by atoms with van der Waals surface area (Å²) in [5.74, 6) is 0.816. The molecule has 1 aromatic rings. The van der Waals surface area contributed by atoms with Gasteiger partial charge in [-0.2, -0.15) is 0 Å². The molecule has 7 heteroatoms. The second-order valence-corrected chi connectivity index (χ2v) is 6.53. The molecular formula is C10H17N3O3S. The molecule has 1 aromatic heterocycles. The first kappa shape index (κ1) is 12.5. The summed E-state index contributed by atoms with van der Waals surface area (Å²) in [6.45, 7) is 1.11. The molecule has 1 aliphatic heterocycles. The van der Waals surface area contributed by atoms with Crippen molar-refractivity contribution in [2.24, 2.45) is 0 Å². The lowest BCUT2D eigenvalue weighted by atomic mass is 10.2. The number of hydrogen-bond donors (Lipinski definition) is 0. The monoisotopic (exact) mass is 259 g/mol. The third-order valence-corrected chi connectivity index (χ3v) is 5.22. The summed E-state index contributed by atoms with van der Waals surface area (Å²) in [5.41, 5.74) is 0. The van der Waals surface area contributed by atoms with E-state index in [0.29, 0.717) is 25.4 Å². The summed E-state index contributed by atoms with van der Waals surface area (Å²) < 4.78 is 30.7. The molecule has 0 aromatic carbocycles. The minimum atomic E-state index is -3.06. The van der Waals surface area contributed by atoms with E-state index in [2.05, 4.69) is 10.2 Å². The molecule has 0 saturated carbocycles. The summed E-state index contributed by atoms with van der Waals surface area (Å²) in [5, 5.41) is 7.29. The predicted octanol–water partition coefficient (Wildman–Crippen LogP) is 0.564. The van der Waals surface area contributed by atoms with Gasteiger partial charge in [0.2, 0.25) is 0 Å². The summed E-state index contributed by atoms with van der Waals surface area (Å²) in [6.07, 6.45) is 3.90. The van der Waals surface area contributed by atoms with Crippen molar-refractivity contribution in [3.05, 3.63) is 12.2 Å². The van der Waals surface area contributed by atoms with E-state index in [0.717, 1.165) is 12.8 Å². The van der Waals surface area contributed by atoms with Gasteiger partial charge in [-0.25, -0.2) is 8.42 Å². The van der Waals surface area contributed by atoms with Crippen LogP contribution in [0.3, 0.4) is 0 Å². The van der Waals surface area contributed by atoms with E-state index in [4.69, 9.17) is 4.74 Å². The van der Waals surface area contributed by atoms with E-state index in [9.17, 15) is 8.42 Å². The highest BCUT2D eigenvalue weighted by Gasteiger charge is 2.33. The number of aromatic nitrogens is 3. The fraction of sp³-hybridized carbons (Fsp3) is 0.800. The van der Waals surface area contributed by atoms with E-state index >= 15 is 0 Å². The van der Waals surface area contributed by atoms with Gasteiger partial charge in [0.1, 0.15) is 11.6 Å². The molecular weight excluding hydrogens is 242 g/mol. The van der Waals surface area contributed by atoms with Crippen LogP contribution >= 0.6 is 0 Å². The van der Waals surface area contributed by atoms with Crippen LogP contribution in [-0.2, 0) is 21.1 Å². The summed E-state index contributed by atoms with van der Waals surface area (Å²) in [4.78, 5) is 0. The first-order valence-electron chi connectivity index (χ1n) is 5.73. The number of hydrogen-bond acceptors (Lipinski definition) is 5. The second-order valence-electron chi connectivity index (χ2n) is 4.23. The molecule has 0 spiro atoms. The van der Waals surface area contributed by atoms with Gasteiger partial charge in [0.25, 0.3) is 0 Å². The zero-order valence-corrected chi connectivity index (χ0v) is 10.7. The molecule has 0 bridgehead atoms. The molecule has 0 aliphatic carbocycles. The van der Waals surface area contributed by atoms with Gasteiger partial charge >= 0.3 is 0 Å². The van der Waals surface area contributed by atoms with Crippen LogP contribution in [0, 0.1) is 0 Å². The predicted molar refractivity (Wildman–Crippen MR) is 62.3 cm³/mol. The fourth-order valence-corrected chi connectivity index (χ4v) is 4.04. The fourth-order valence-electron chi connectivity index (χ4n) is 2.12. The van der Waals surface area contributed by atoms with Crippen molar-refractivity contribution in [1.29, 1.82) is 0 Å². The topological polar surface area (TPSA) is 74.1 Å². The Morgan fingerprint density at radius 3 is 3.06 bits per heavy atom. The molecule has 0 N–H and O–H groups in total. The van der Waals surface area contributed by atoms with Crippen LogP contribution in [0.15, 0.2) is 6.33 Å². The van der Waals surface area contributed by atoms with Crippen molar-refractivity contribution in [3.8, 4) is 0 Å². The van der Waals surface area contributed by atoms with Gasteiger partial charge < -0.3 is 9.30 Å². The lowest BCUT2D eigenvalue weighted by Gasteiger charge is -2.21. The summed E-state index contributed by atoms with van der Waals surface area (Å²) >= 11 is 0. The summed E-state index contributed by atoms with van der Waals surface area (Å²) in [6, 6.07) is 0. The molecule has 6 nitrogen and oxygen atoms in total. The van der Waals surface area contributed by atoms with Crippen molar-refractivity contribution in [2.75, 3.05) is 19.5 Å². The van der Waals surface area contributed by atoms with E-state index in [-0.39, 0.29) is 5.75 Å². The average Bonchev–Trinajstić information content (AvgIpc) is 2.73. The van der Waals surface area contributed by atoms with Gasteiger partial charge in [0.15, 0.2) is 15.7 Å². The molecule has 1 unspecified atom stereocenters. The standard InChI is InChI=1S/C10H17N3O3S/c1-16-6-5-13-8-11-12-10(13)9-4-2-3-7-17(9,14)15/h8-9H,2-7H2,1H3. The Hall–Kier alpha value is -0.950. The molecule has 17 heavy (non-hydrogen) atoms. The van der Waals surface area contributed by atoms with Gasteiger partial charge in [-0.3, -0.25) is 0 Å². The van der Waals surface area contributed by atoms with Gasteiger partial charge in [-0.1, -0.05) is 6.42 Å². The number of sulfone groups is 1. The van der Waals surface area contributed by atoms with E-state index in [1.807, 2.05) is 0 Å². The van der Waals surface area contributed by atoms with Gasteiger partial charge in [-0.15, -0.1) is 10.2 Å². The molecule has 1 fully saturated rings. The molecule has 0 amide bonds. The Morgan fingerprint density at radius 2 is 2.35 bits per heavy atom. The molecule has 2 rings (SSSR count). The zero-order valence-electron chi connectivity index (χ0n) is 9.87. The number of rotatable bonds is 4. The van der Waals surface area contributed by atoms with Gasteiger partial charge in [0.05, 0.1) is 12.4 Å². The number of nitrogens with zero attached hydrogens (tertiary/aromatic N) is 3. The number of methoxy groups -OCH3 is 1. The first-order chi connectivity index (χ1) is 8.15. The third kappa shape index (κ3) is 2.66. The summed E-state index contributed by atoms with van der Waals surface area (Å²) in [7, 11) is -1.45. The van der Waals surface area contributed by atoms with Gasteiger partial charge in [-0.05, 0) is 12.8 Å². The van der Waals surface area contributed by atoms with E-state index in [1.165, 1.54) is 0 Å². The van der Waals surface area contributed by atoms with Crippen LogP contribution in [0.2, 0.25) is 0 Å². The number of ether oxygens (including phenoxy) is 1. The minimum absolute atomic E-state index is 0.259.